The van der Waals surface area contributed by atoms with E-state index < -0.39 is 0 Å². The van der Waals surface area contributed by atoms with E-state index in [9.17, 15) is 4.79 Å². The summed E-state index contributed by atoms with van der Waals surface area (Å²) in [6.07, 6.45) is 1.67. The minimum Gasteiger partial charge on any atom is -0.368 e. The third-order valence-corrected chi connectivity index (χ3v) is 4.42. The highest BCUT2D eigenvalue weighted by Crippen LogP contribution is 2.22. The van der Waals surface area contributed by atoms with Crippen molar-refractivity contribution in [2.45, 2.75) is 20.8 Å². The first kappa shape index (κ1) is 15.5. The maximum absolute atomic E-state index is 12.5. The van der Waals surface area contributed by atoms with Gasteiger partial charge in [-0.3, -0.25) is 9.78 Å². The van der Waals surface area contributed by atoms with Crippen LogP contribution in [0, 0.1) is 20.8 Å². The number of hydrogen-bond acceptors (Lipinski definition) is 3. The molecule has 0 N–H and O–H groups in total. The van der Waals surface area contributed by atoms with E-state index >= 15 is 0 Å². The fraction of sp³-hybridized carbons (Fsp3) is 0.368. The Morgan fingerprint density at radius 2 is 1.74 bits per heavy atom. The third kappa shape index (κ3) is 3.36. The molecule has 120 valence electrons. The smallest absolute Gasteiger partial charge is 0.255 e. The van der Waals surface area contributed by atoms with Gasteiger partial charge in [-0.25, -0.2) is 0 Å². The molecule has 1 saturated heterocycles. The van der Waals surface area contributed by atoms with Crippen LogP contribution in [-0.4, -0.2) is 42.0 Å². The molecule has 4 heteroatoms. The molecule has 1 aliphatic heterocycles. The molecule has 0 spiro atoms. The number of anilines is 1. The van der Waals surface area contributed by atoms with E-state index in [1.807, 2.05) is 24.0 Å². The van der Waals surface area contributed by atoms with Crippen LogP contribution in [-0.2, 0) is 0 Å². The maximum atomic E-state index is 12.5. The topological polar surface area (TPSA) is 36.4 Å². The number of carbonyl (C=O) groups excluding carboxylic acids is 1. The number of amides is 1. The average molecular weight is 309 g/mol. The second-order valence-corrected chi connectivity index (χ2v) is 6.26. The van der Waals surface area contributed by atoms with Gasteiger partial charge in [-0.15, -0.1) is 0 Å². The molecule has 23 heavy (non-hydrogen) atoms. The van der Waals surface area contributed by atoms with Gasteiger partial charge in [0.05, 0.1) is 5.56 Å². The van der Waals surface area contributed by atoms with Crippen LogP contribution >= 0.6 is 0 Å². The van der Waals surface area contributed by atoms with Crippen LogP contribution in [0.2, 0.25) is 0 Å². The van der Waals surface area contributed by atoms with E-state index in [-0.39, 0.29) is 5.91 Å². The van der Waals surface area contributed by atoms with Gasteiger partial charge >= 0.3 is 0 Å². The normalized spacial score (nSPS) is 14.9. The highest BCUT2D eigenvalue weighted by molar-refractivity contribution is 5.94. The minimum absolute atomic E-state index is 0.0813. The van der Waals surface area contributed by atoms with Crippen molar-refractivity contribution < 1.29 is 4.79 Å². The summed E-state index contributed by atoms with van der Waals surface area (Å²) < 4.78 is 0. The molecule has 0 unspecified atom stereocenters. The Balaban J connectivity index is 1.66. The number of aryl methyl sites for hydroxylation is 3. The van der Waals surface area contributed by atoms with Crippen LogP contribution in [0.4, 0.5) is 5.69 Å². The fourth-order valence-electron chi connectivity index (χ4n) is 3.09. The van der Waals surface area contributed by atoms with E-state index in [2.05, 4.69) is 41.9 Å². The number of rotatable bonds is 2. The summed E-state index contributed by atoms with van der Waals surface area (Å²) in [4.78, 5) is 21.0. The van der Waals surface area contributed by atoms with Gasteiger partial charge < -0.3 is 9.80 Å². The summed E-state index contributed by atoms with van der Waals surface area (Å²) in [7, 11) is 0. The lowest BCUT2D eigenvalue weighted by atomic mass is 10.1. The van der Waals surface area contributed by atoms with Crippen LogP contribution in [0.1, 0.15) is 27.2 Å². The van der Waals surface area contributed by atoms with Crippen molar-refractivity contribution >= 4 is 11.6 Å². The zero-order valence-electron chi connectivity index (χ0n) is 14.0. The zero-order chi connectivity index (χ0) is 16.4. The standard InChI is InChI=1S/C19H23N3O/c1-14-4-7-18(15(2)12-14)21-8-10-22(11-9-21)19(23)17-6-5-16(3)20-13-17/h4-7,12-13H,8-11H2,1-3H3. The van der Waals surface area contributed by atoms with E-state index in [0.717, 1.165) is 31.9 Å². The summed E-state index contributed by atoms with van der Waals surface area (Å²) >= 11 is 0. The molecule has 2 heterocycles. The van der Waals surface area contributed by atoms with E-state index in [1.165, 1.54) is 16.8 Å². The van der Waals surface area contributed by atoms with Gasteiger partial charge in [-0.1, -0.05) is 17.7 Å². The second-order valence-electron chi connectivity index (χ2n) is 6.26. The molecule has 1 fully saturated rings. The molecule has 4 nitrogen and oxygen atoms in total. The van der Waals surface area contributed by atoms with Crippen molar-refractivity contribution in [1.82, 2.24) is 9.88 Å². The molecule has 0 bridgehead atoms. The number of nitrogens with zero attached hydrogens (tertiary/aromatic N) is 3. The zero-order valence-corrected chi connectivity index (χ0v) is 14.0. The monoisotopic (exact) mass is 309 g/mol. The quantitative estimate of drug-likeness (QED) is 0.856. The molecule has 2 aromatic rings. The highest BCUT2D eigenvalue weighted by atomic mass is 16.2. The SMILES string of the molecule is Cc1ccc(N2CCN(C(=O)c3ccc(C)nc3)CC2)c(C)c1. The van der Waals surface area contributed by atoms with Crippen molar-refractivity contribution in [3.05, 3.63) is 58.9 Å². The van der Waals surface area contributed by atoms with Crippen LogP contribution in [0.15, 0.2) is 36.5 Å². The molecule has 1 aromatic heterocycles. The lowest BCUT2D eigenvalue weighted by molar-refractivity contribution is 0.0746. The second kappa shape index (κ2) is 6.41. The Morgan fingerprint density at radius 3 is 2.35 bits per heavy atom. The molecule has 0 saturated carbocycles. The number of pyridine rings is 1. The first-order valence-electron chi connectivity index (χ1n) is 8.09. The summed E-state index contributed by atoms with van der Waals surface area (Å²) in [6, 6.07) is 10.3. The van der Waals surface area contributed by atoms with Crippen molar-refractivity contribution in [2.24, 2.45) is 0 Å². The lowest BCUT2D eigenvalue weighted by Gasteiger charge is -2.37. The van der Waals surface area contributed by atoms with Gasteiger partial charge in [0.2, 0.25) is 0 Å². The molecular formula is C19H23N3O. The predicted octanol–water partition coefficient (Wildman–Crippen LogP) is 2.97. The Bertz CT molecular complexity index is 701. The summed E-state index contributed by atoms with van der Waals surface area (Å²) in [6.45, 7) is 9.43. The number of aromatic nitrogens is 1. The van der Waals surface area contributed by atoms with E-state index in [4.69, 9.17) is 0 Å². The van der Waals surface area contributed by atoms with Crippen molar-refractivity contribution in [3.63, 3.8) is 0 Å². The Hall–Kier alpha value is -2.36. The summed E-state index contributed by atoms with van der Waals surface area (Å²) in [5.74, 6) is 0.0813. The Kier molecular flexibility index (Phi) is 4.33. The minimum atomic E-state index is 0.0813. The molecule has 1 aromatic carbocycles. The summed E-state index contributed by atoms with van der Waals surface area (Å²) in [5.41, 5.74) is 5.47. The average Bonchev–Trinajstić information content (AvgIpc) is 2.55. The van der Waals surface area contributed by atoms with Crippen LogP contribution < -0.4 is 4.90 Å². The van der Waals surface area contributed by atoms with Gasteiger partial charge in [0.25, 0.3) is 5.91 Å². The van der Waals surface area contributed by atoms with Crippen molar-refractivity contribution in [3.8, 4) is 0 Å². The van der Waals surface area contributed by atoms with Gasteiger partial charge in [0.1, 0.15) is 0 Å². The fourth-order valence-corrected chi connectivity index (χ4v) is 3.09. The van der Waals surface area contributed by atoms with Gasteiger partial charge in [0.15, 0.2) is 0 Å². The molecular weight excluding hydrogens is 286 g/mol. The largest absolute Gasteiger partial charge is 0.368 e. The Labute approximate surface area is 137 Å². The number of piperazine rings is 1. The van der Waals surface area contributed by atoms with Crippen LogP contribution in [0.25, 0.3) is 0 Å². The molecule has 3 rings (SSSR count). The predicted molar refractivity (Wildman–Crippen MR) is 93.0 cm³/mol. The third-order valence-electron chi connectivity index (χ3n) is 4.42. The van der Waals surface area contributed by atoms with Gasteiger partial charge in [0, 0.05) is 43.8 Å². The lowest BCUT2D eigenvalue weighted by Crippen LogP contribution is -2.49. The molecule has 0 radical (unpaired) electrons. The number of carbonyl (C=O) groups is 1. The van der Waals surface area contributed by atoms with Gasteiger partial charge in [-0.2, -0.15) is 0 Å². The number of hydrogen-bond donors (Lipinski definition) is 0. The van der Waals surface area contributed by atoms with Crippen LogP contribution in [0.3, 0.4) is 0 Å². The molecule has 0 atom stereocenters. The Morgan fingerprint density at radius 1 is 1.00 bits per heavy atom. The first-order chi connectivity index (χ1) is 11.0. The first-order valence-corrected chi connectivity index (χ1v) is 8.09. The molecule has 1 aliphatic rings. The maximum Gasteiger partial charge on any atom is 0.255 e. The van der Waals surface area contributed by atoms with Crippen LogP contribution in [0.5, 0.6) is 0 Å². The highest BCUT2D eigenvalue weighted by Gasteiger charge is 2.23. The van der Waals surface area contributed by atoms with Gasteiger partial charge in [-0.05, 0) is 44.5 Å². The van der Waals surface area contributed by atoms with E-state index in [1.54, 1.807) is 6.20 Å². The van der Waals surface area contributed by atoms with Crippen molar-refractivity contribution in [1.29, 1.82) is 0 Å². The van der Waals surface area contributed by atoms with E-state index in [0.29, 0.717) is 5.56 Å². The molecule has 1 amide bonds. The molecule has 0 aliphatic carbocycles. The van der Waals surface area contributed by atoms with Crippen molar-refractivity contribution in [2.75, 3.05) is 31.1 Å². The summed E-state index contributed by atoms with van der Waals surface area (Å²) in [5, 5.41) is 0. The number of benzene rings is 1.